The van der Waals surface area contributed by atoms with Crippen LogP contribution in [0.2, 0.25) is 5.02 Å². The molecule has 2 saturated heterocycles. The molecule has 0 aromatic heterocycles. The van der Waals surface area contributed by atoms with Crippen molar-refractivity contribution in [3.05, 3.63) is 87.8 Å². The second-order valence-corrected chi connectivity index (χ2v) is 9.68. The number of hydrogen-bond acceptors (Lipinski definition) is 6. The number of hydrogen-bond donors (Lipinski definition) is 1. The van der Waals surface area contributed by atoms with Crippen molar-refractivity contribution in [2.75, 3.05) is 11.4 Å². The highest BCUT2D eigenvalue weighted by Gasteiger charge is 2.34. The van der Waals surface area contributed by atoms with Gasteiger partial charge >= 0.3 is 0 Å². The molecule has 0 unspecified atom stereocenters. The summed E-state index contributed by atoms with van der Waals surface area (Å²) in [4.78, 5) is 41.3. The van der Waals surface area contributed by atoms with E-state index < -0.39 is 11.8 Å². The molecule has 34 heavy (non-hydrogen) atoms. The van der Waals surface area contributed by atoms with E-state index in [1.54, 1.807) is 60.7 Å². The van der Waals surface area contributed by atoms with Gasteiger partial charge in [-0.1, -0.05) is 65.9 Å². The minimum atomic E-state index is -0.574. The summed E-state index contributed by atoms with van der Waals surface area (Å²) in [6.07, 6.45) is 4.87. The van der Waals surface area contributed by atoms with Crippen LogP contribution in [0.4, 0.5) is 5.69 Å². The predicted octanol–water partition coefficient (Wildman–Crippen LogP) is 4.56. The number of rotatable bonds is 5. The molecule has 0 radical (unpaired) electrons. The maximum atomic E-state index is 13.1. The van der Waals surface area contributed by atoms with E-state index in [4.69, 9.17) is 36.0 Å². The van der Waals surface area contributed by atoms with Crippen molar-refractivity contribution in [3.63, 3.8) is 0 Å². The average molecular weight is 526 g/mol. The number of carbonyl (C=O) groups is 3. The molecule has 170 valence electrons. The Hall–Kier alpha value is -3.11. The summed E-state index contributed by atoms with van der Waals surface area (Å²) in [5.74, 6) is -1.27. The van der Waals surface area contributed by atoms with Crippen LogP contribution in [0.15, 0.2) is 71.7 Å². The maximum Gasteiger partial charge on any atom is 0.270 e. The number of nitrogens with one attached hydrogen (secondary N) is 1. The van der Waals surface area contributed by atoms with Crippen LogP contribution in [0.5, 0.6) is 0 Å². The number of carbonyl (C=O) groups excluding carboxylic acids is 3. The highest BCUT2D eigenvalue weighted by atomic mass is 35.5. The lowest BCUT2D eigenvalue weighted by Gasteiger charge is -2.28. The summed E-state index contributed by atoms with van der Waals surface area (Å²) >= 11 is 17.6. The van der Waals surface area contributed by atoms with Crippen molar-refractivity contribution in [2.45, 2.75) is 0 Å². The molecule has 1 N–H and O–H groups in total. The van der Waals surface area contributed by atoms with E-state index in [1.165, 1.54) is 27.6 Å². The maximum absolute atomic E-state index is 13.1. The van der Waals surface area contributed by atoms with Gasteiger partial charge in [0.1, 0.15) is 9.89 Å². The fourth-order valence-electron chi connectivity index (χ4n) is 3.28. The van der Waals surface area contributed by atoms with Gasteiger partial charge in [-0.3, -0.25) is 29.5 Å². The number of benzene rings is 2. The van der Waals surface area contributed by atoms with Gasteiger partial charge in [-0.25, -0.2) is 0 Å². The lowest BCUT2D eigenvalue weighted by molar-refractivity contribution is -0.123. The van der Waals surface area contributed by atoms with Crippen molar-refractivity contribution in [3.8, 4) is 0 Å². The molecule has 10 heteroatoms. The summed E-state index contributed by atoms with van der Waals surface area (Å²) in [6.45, 7) is 4.01. The molecule has 0 atom stereocenters. The van der Waals surface area contributed by atoms with Crippen LogP contribution < -0.4 is 10.2 Å². The van der Waals surface area contributed by atoms with E-state index in [-0.39, 0.29) is 16.6 Å². The zero-order valence-electron chi connectivity index (χ0n) is 17.5. The first-order valence-electron chi connectivity index (χ1n) is 9.92. The second-order valence-electron chi connectivity index (χ2n) is 7.18. The molecular formula is C24H16ClN3O3S3. The number of thiocarbonyl (C=S) groups is 2. The molecule has 2 aromatic carbocycles. The molecule has 2 heterocycles. The van der Waals surface area contributed by atoms with E-state index in [9.17, 15) is 14.4 Å². The van der Waals surface area contributed by atoms with Crippen molar-refractivity contribution >= 4 is 92.8 Å². The highest BCUT2D eigenvalue weighted by molar-refractivity contribution is 8.26. The zero-order valence-corrected chi connectivity index (χ0v) is 20.7. The normalized spacial score (nSPS) is 18.8. The first-order valence-corrected chi connectivity index (χ1v) is 11.9. The van der Waals surface area contributed by atoms with Gasteiger partial charge in [-0.15, -0.1) is 6.58 Å². The summed E-state index contributed by atoms with van der Waals surface area (Å²) in [7, 11) is 0. The quantitative estimate of drug-likeness (QED) is 0.267. The molecule has 2 aliphatic rings. The van der Waals surface area contributed by atoms with Gasteiger partial charge < -0.3 is 0 Å². The Balaban J connectivity index is 1.57. The van der Waals surface area contributed by atoms with Gasteiger partial charge in [0.2, 0.25) is 0 Å². The van der Waals surface area contributed by atoms with Gasteiger partial charge in [0, 0.05) is 11.6 Å². The lowest BCUT2D eigenvalue weighted by atomic mass is 10.1. The third kappa shape index (κ3) is 4.88. The van der Waals surface area contributed by atoms with Crippen molar-refractivity contribution < 1.29 is 14.4 Å². The van der Waals surface area contributed by atoms with Crippen molar-refractivity contribution in [1.82, 2.24) is 10.2 Å². The van der Waals surface area contributed by atoms with Gasteiger partial charge in [-0.05, 0) is 59.8 Å². The highest BCUT2D eigenvalue weighted by Crippen LogP contribution is 2.32. The zero-order chi connectivity index (χ0) is 24.4. The van der Waals surface area contributed by atoms with E-state index >= 15 is 0 Å². The second kappa shape index (κ2) is 10.0. The molecule has 0 saturated carbocycles. The van der Waals surface area contributed by atoms with Crippen LogP contribution in [0.3, 0.4) is 0 Å². The van der Waals surface area contributed by atoms with Crippen molar-refractivity contribution in [2.24, 2.45) is 0 Å². The van der Waals surface area contributed by atoms with Crippen LogP contribution >= 0.6 is 47.8 Å². The number of nitrogens with zero attached hydrogens (tertiary/aromatic N) is 2. The van der Waals surface area contributed by atoms with Crippen LogP contribution in [-0.4, -0.2) is 38.6 Å². The first-order chi connectivity index (χ1) is 16.3. The van der Waals surface area contributed by atoms with Gasteiger partial charge in [0.25, 0.3) is 17.7 Å². The molecule has 0 aliphatic carbocycles. The Morgan fingerprint density at radius 1 is 0.941 bits per heavy atom. The van der Waals surface area contributed by atoms with E-state index in [2.05, 4.69) is 11.9 Å². The summed E-state index contributed by atoms with van der Waals surface area (Å²) in [6, 6.07) is 13.7. The Kier molecular flexibility index (Phi) is 7.08. The third-order valence-corrected chi connectivity index (χ3v) is 6.83. The van der Waals surface area contributed by atoms with Gasteiger partial charge in [0.15, 0.2) is 5.11 Å². The summed E-state index contributed by atoms with van der Waals surface area (Å²) < 4.78 is 0.488. The smallest absolute Gasteiger partial charge is 0.270 e. The van der Waals surface area contributed by atoms with Crippen molar-refractivity contribution in [1.29, 1.82) is 0 Å². The Morgan fingerprint density at radius 2 is 1.56 bits per heavy atom. The minimum Gasteiger partial charge on any atom is -0.298 e. The largest absolute Gasteiger partial charge is 0.298 e. The predicted molar refractivity (Wildman–Crippen MR) is 144 cm³/mol. The molecule has 2 aromatic rings. The lowest BCUT2D eigenvalue weighted by Crippen LogP contribution is -2.54. The summed E-state index contributed by atoms with van der Waals surface area (Å²) in [5.41, 5.74) is 1.86. The fraction of sp³-hybridized carbons (Fsp3) is 0.0417. The number of thioether (sulfide) groups is 1. The molecule has 2 fully saturated rings. The Morgan fingerprint density at radius 3 is 2.18 bits per heavy atom. The number of amides is 3. The molecule has 4 rings (SSSR count). The molecular weight excluding hydrogens is 510 g/mol. The minimum absolute atomic E-state index is 0.00131. The first kappa shape index (κ1) is 24.0. The standard InChI is InChI=1S/C24H16ClN3O3S3/c1-2-11-27-22(31)19(34-24(27)33)13-15-5-3-14(4-6-15)12-18-20(29)26-23(32)28(21(18)30)17-9-7-16(25)8-10-17/h2-10,12-13H,1,11H2,(H,26,29,32). The Labute approximate surface area is 215 Å². The SMILES string of the molecule is C=CCN1C(=O)C(=Cc2ccc(C=C3C(=O)NC(=S)N(c4ccc(Cl)cc4)C3=O)cc2)SC1=S. The molecule has 0 spiro atoms. The molecule has 3 amide bonds. The average Bonchev–Trinajstić information content (AvgIpc) is 3.06. The molecule has 6 nitrogen and oxygen atoms in total. The molecule has 0 bridgehead atoms. The van der Waals surface area contributed by atoms with Crippen LogP contribution in [0.25, 0.3) is 12.2 Å². The Bertz CT molecular complexity index is 1300. The van der Waals surface area contributed by atoms with Gasteiger partial charge in [-0.2, -0.15) is 0 Å². The summed E-state index contributed by atoms with van der Waals surface area (Å²) in [5, 5.41) is 3.06. The number of anilines is 1. The molecule has 2 aliphatic heterocycles. The van der Waals surface area contributed by atoms with Crippen LogP contribution in [-0.2, 0) is 14.4 Å². The van der Waals surface area contributed by atoms with Crippen LogP contribution in [0, 0.1) is 0 Å². The van der Waals surface area contributed by atoms with Crippen LogP contribution in [0.1, 0.15) is 11.1 Å². The van der Waals surface area contributed by atoms with E-state index in [0.717, 1.165) is 5.56 Å². The van der Waals surface area contributed by atoms with E-state index in [0.29, 0.717) is 32.0 Å². The monoisotopic (exact) mass is 525 g/mol. The third-order valence-electron chi connectivity index (χ3n) is 4.92. The number of halogens is 1. The van der Waals surface area contributed by atoms with E-state index in [1.807, 2.05) is 0 Å². The topological polar surface area (TPSA) is 69.7 Å². The fourth-order valence-corrected chi connectivity index (χ4v) is 4.96. The van der Waals surface area contributed by atoms with Gasteiger partial charge in [0.05, 0.1) is 10.6 Å².